The van der Waals surface area contributed by atoms with Crippen molar-refractivity contribution in [1.82, 2.24) is 4.98 Å². The van der Waals surface area contributed by atoms with Crippen LogP contribution in [0.5, 0.6) is 0 Å². The van der Waals surface area contributed by atoms with E-state index in [1.165, 1.54) is 12.1 Å². The zero-order chi connectivity index (χ0) is 11.8. The fraction of sp³-hybridized carbons (Fsp3) is 0.357. The molecule has 1 nitrogen and oxygen atoms in total. The Morgan fingerprint density at radius 3 is 2.62 bits per heavy atom. The Kier molecular flexibility index (Phi) is 2.66. The standard InChI is InChI=1S/C14H16FN/c1-4-14(2,3)13-8-5-10-9-11(15)6-7-12(10)16-13/h5-9H,4H2,1-3H3. The third kappa shape index (κ3) is 1.92. The highest BCUT2D eigenvalue weighted by Gasteiger charge is 2.19. The van der Waals surface area contributed by atoms with Gasteiger partial charge in [0.2, 0.25) is 0 Å². The molecule has 1 aromatic carbocycles. The molecule has 0 N–H and O–H groups in total. The summed E-state index contributed by atoms with van der Waals surface area (Å²) in [5.41, 5.74) is 2.00. The lowest BCUT2D eigenvalue weighted by molar-refractivity contribution is 0.492. The van der Waals surface area contributed by atoms with E-state index in [-0.39, 0.29) is 11.2 Å². The minimum Gasteiger partial charge on any atom is -0.252 e. The highest BCUT2D eigenvalue weighted by atomic mass is 19.1. The van der Waals surface area contributed by atoms with E-state index in [0.29, 0.717) is 0 Å². The first-order valence-corrected chi connectivity index (χ1v) is 5.60. The number of hydrogen-bond acceptors (Lipinski definition) is 1. The van der Waals surface area contributed by atoms with Crippen LogP contribution in [0.25, 0.3) is 10.9 Å². The SMILES string of the molecule is CCC(C)(C)c1ccc2cc(F)ccc2n1. The average molecular weight is 217 g/mol. The third-order valence-electron chi connectivity index (χ3n) is 3.23. The molecular weight excluding hydrogens is 201 g/mol. The third-order valence-corrected chi connectivity index (χ3v) is 3.23. The summed E-state index contributed by atoms with van der Waals surface area (Å²) >= 11 is 0. The second-order valence-electron chi connectivity index (χ2n) is 4.77. The Bertz CT molecular complexity index is 517. The molecule has 0 unspecified atom stereocenters. The fourth-order valence-corrected chi connectivity index (χ4v) is 1.65. The molecular formula is C14H16FN. The first kappa shape index (κ1) is 11.1. The van der Waals surface area contributed by atoms with Gasteiger partial charge in [0.15, 0.2) is 0 Å². The molecule has 84 valence electrons. The minimum atomic E-state index is -0.211. The molecule has 2 heteroatoms. The smallest absolute Gasteiger partial charge is 0.123 e. The highest BCUT2D eigenvalue weighted by Crippen LogP contribution is 2.26. The van der Waals surface area contributed by atoms with Crippen molar-refractivity contribution in [2.75, 3.05) is 0 Å². The highest BCUT2D eigenvalue weighted by molar-refractivity contribution is 5.78. The molecule has 2 aromatic rings. The van der Waals surface area contributed by atoms with Gasteiger partial charge in [-0.05, 0) is 30.7 Å². The predicted octanol–water partition coefficient (Wildman–Crippen LogP) is 4.06. The second kappa shape index (κ2) is 3.85. The number of fused-ring (bicyclic) bond motifs is 1. The Morgan fingerprint density at radius 1 is 1.19 bits per heavy atom. The van der Waals surface area contributed by atoms with E-state index in [2.05, 4.69) is 25.8 Å². The number of halogens is 1. The zero-order valence-corrected chi connectivity index (χ0v) is 9.92. The van der Waals surface area contributed by atoms with E-state index < -0.39 is 0 Å². The molecule has 0 spiro atoms. The van der Waals surface area contributed by atoms with Crippen molar-refractivity contribution < 1.29 is 4.39 Å². The molecule has 0 saturated carbocycles. The average Bonchev–Trinajstić information content (AvgIpc) is 2.28. The number of aromatic nitrogens is 1. The molecule has 2 rings (SSSR count). The Balaban J connectivity index is 2.57. The van der Waals surface area contributed by atoms with Crippen LogP contribution in [0.15, 0.2) is 30.3 Å². The maximum absolute atomic E-state index is 13.0. The van der Waals surface area contributed by atoms with Crippen molar-refractivity contribution in [2.24, 2.45) is 0 Å². The van der Waals surface area contributed by atoms with Crippen molar-refractivity contribution in [3.63, 3.8) is 0 Å². The lowest BCUT2D eigenvalue weighted by Gasteiger charge is -2.22. The minimum absolute atomic E-state index is 0.0720. The molecule has 0 saturated heterocycles. The predicted molar refractivity (Wildman–Crippen MR) is 65.0 cm³/mol. The van der Waals surface area contributed by atoms with Gasteiger partial charge < -0.3 is 0 Å². The monoisotopic (exact) mass is 217 g/mol. The van der Waals surface area contributed by atoms with Crippen LogP contribution in [-0.4, -0.2) is 4.98 Å². The van der Waals surface area contributed by atoms with Gasteiger partial charge in [-0.2, -0.15) is 0 Å². The van der Waals surface area contributed by atoms with Crippen molar-refractivity contribution in [2.45, 2.75) is 32.6 Å². The van der Waals surface area contributed by atoms with Gasteiger partial charge in [0.1, 0.15) is 5.82 Å². The Labute approximate surface area is 95.3 Å². The molecule has 0 aliphatic heterocycles. The van der Waals surface area contributed by atoms with Crippen LogP contribution >= 0.6 is 0 Å². The molecule has 0 aliphatic carbocycles. The summed E-state index contributed by atoms with van der Waals surface area (Å²) in [6.07, 6.45) is 1.03. The molecule has 0 fully saturated rings. The fourth-order valence-electron chi connectivity index (χ4n) is 1.65. The van der Waals surface area contributed by atoms with Gasteiger partial charge in [-0.1, -0.05) is 26.8 Å². The van der Waals surface area contributed by atoms with Crippen molar-refractivity contribution in [1.29, 1.82) is 0 Å². The molecule has 1 aromatic heterocycles. The molecule has 1 heterocycles. The lowest BCUT2D eigenvalue weighted by atomic mass is 9.86. The summed E-state index contributed by atoms with van der Waals surface area (Å²) in [5, 5.41) is 0.857. The molecule has 16 heavy (non-hydrogen) atoms. The van der Waals surface area contributed by atoms with Gasteiger partial charge in [0.05, 0.1) is 5.52 Å². The summed E-state index contributed by atoms with van der Waals surface area (Å²) in [5.74, 6) is -0.211. The van der Waals surface area contributed by atoms with Crippen LogP contribution in [0, 0.1) is 5.82 Å². The number of nitrogens with zero attached hydrogens (tertiary/aromatic N) is 1. The van der Waals surface area contributed by atoms with Gasteiger partial charge in [-0.3, -0.25) is 4.98 Å². The largest absolute Gasteiger partial charge is 0.252 e. The summed E-state index contributed by atoms with van der Waals surface area (Å²) in [6.45, 7) is 6.49. The normalized spacial score (nSPS) is 12.0. The van der Waals surface area contributed by atoms with Gasteiger partial charge in [-0.15, -0.1) is 0 Å². The maximum Gasteiger partial charge on any atom is 0.123 e. The topological polar surface area (TPSA) is 12.9 Å². The second-order valence-corrected chi connectivity index (χ2v) is 4.77. The van der Waals surface area contributed by atoms with E-state index in [1.54, 1.807) is 6.07 Å². The van der Waals surface area contributed by atoms with Crippen LogP contribution in [-0.2, 0) is 5.41 Å². The zero-order valence-electron chi connectivity index (χ0n) is 9.92. The van der Waals surface area contributed by atoms with Gasteiger partial charge in [0.25, 0.3) is 0 Å². The maximum atomic E-state index is 13.0. The van der Waals surface area contributed by atoms with Crippen LogP contribution in [0.2, 0.25) is 0 Å². The lowest BCUT2D eigenvalue weighted by Crippen LogP contribution is -2.17. The van der Waals surface area contributed by atoms with E-state index in [0.717, 1.165) is 23.0 Å². The molecule has 0 aliphatic rings. The summed E-state index contributed by atoms with van der Waals surface area (Å²) in [7, 11) is 0. The first-order chi connectivity index (χ1) is 7.53. The van der Waals surface area contributed by atoms with Crippen LogP contribution in [0.3, 0.4) is 0 Å². The van der Waals surface area contributed by atoms with Crippen LogP contribution < -0.4 is 0 Å². The first-order valence-electron chi connectivity index (χ1n) is 5.60. The molecule has 0 atom stereocenters. The van der Waals surface area contributed by atoms with Gasteiger partial charge in [-0.25, -0.2) is 4.39 Å². The molecule has 0 amide bonds. The van der Waals surface area contributed by atoms with Crippen LogP contribution in [0.1, 0.15) is 32.9 Å². The van der Waals surface area contributed by atoms with Crippen molar-refractivity contribution in [3.05, 3.63) is 41.8 Å². The number of benzene rings is 1. The van der Waals surface area contributed by atoms with Gasteiger partial charge in [0, 0.05) is 16.5 Å². The van der Waals surface area contributed by atoms with E-state index in [1.807, 2.05) is 12.1 Å². The number of hydrogen-bond donors (Lipinski definition) is 0. The van der Waals surface area contributed by atoms with Crippen LogP contribution in [0.4, 0.5) is 4.39 Å². The Hall–Kier alpha value is -1.44. The van der Waals surface area contributed by atoms with E-state index in [4.69, 9.17) is 0 Å². The molecule has 0 bridgehead atoms. The Morgan fingerprint density at radius 2 is 1.94 bits per heavy atom. The van der Waals surface area contributed by atoms with Crippen molar-refractivity contribution >= 4 is 10.9 Å². The van der Waals surface area contributed by atoms with E-state index in [9.17, 15) is 4.39 Å². The number of rotatable bonds is 2. The summed E-state index contributed by atoms with van der Waals surface area (Å²) < 4.78 is 13.0. The van der Waals surface area contributed by atoms with Gasteiger partial charge >= 0.3 is 0 Å². The van der Waals surface area contributed by atoms with E-state index >= 15 is 0 Å². The quantitative estimate of drug-likeness (QED) is 0.739. The molecule has 0 radical (unpaired) electrons. The number of pyridine rings is 1. The van der Waals surface area contributed by atoms with Crippen molar-refractivity contribution in [3.8, 4) is 0 Å². The summed E-state index contributed by atoms with van der Waals surface area (Å²) in [6, 6.07) is 8.65. The summed E-state index contributed by atoms with van der Waals surface area (Å²) in [4.78, 5) is 4.59.